The fourth-order valence-electron chi connectivity index (χ4n) is 7.84. The van der Waals surface area contributed by atoms with Gasteiger partial charge in [0.25, 0.3) is 5.91 Å². The third-order valence-corrected chi connectivity index (χ3v) is 11.0. The Morgan fingerprint density at radius 3 is 2.29 bits per heavy atom. The molecular formula is C37H51N9O6. The number of carbonyl (C=O) groups excluding carboxylic acids is 6. The summed E-state index contributed by atoms with van der Waals surface area (Å²) in [5.41, 5.74) is 4.57. The molecule has 2 bridgehead atoms. The molecule has 52 heavy (non-hydrogen) atoms. The molecule has 4 aliphatic heterocycles. The molecule has 0 saturated carbocycles. The standard InChI is InChI=1S/C37H51N9O6/c1-3-22(2)31-37(52)46-29(14-8-16-40-46)32(47)25-12-7-13-26(41-25)33(48)43-28(19-24-20-38-21-39-24)36(51)45-17-9-15-30(45)35(50)42-27(34(49)44-31)18-23-10-5-4-6-11-23/h4-6,10-11,20-22,25-31,40-41H,3,7-9,12-19H2,1-2H3,(H,38,39)(H,42,50)(H,43,48)(H,44,49)/t22-,25?,26-,27+,28+,29+,30-,31-/m0/s1. The minimum atomic E-state index is -1.07. The number of imidazole rings is 1. The van der Waals surface area contributed by atoms with Crippen LogP contribution in [-0.2, 0) is 41.6 Å². The van der Waals surface area contributed by atoms with Crippen molar-refractivity contribution >= 4 is 35.3 Å². The van der Waals surface area contributed by atoms with E-state index in [1.165, 1.54) is 16.2 Å². The van der Waals surface area contributed by atoms with Crippen LogP contribution in [0.15, 0.2) is 42.9 Å². The van der Waals surface area contributed by atoms with E-state index in [9.17, 15) is 28.8 Å². The van der Waals surface area contributed by atoms with Crippen LogP contribution in [0.3, 0.4) is 0 Å². The quantitative estimate of drug-likeness (QED) is 0.243. The number of piperidine rings is 1. The molecule has 5 heterocycles. The molecule has 15 heteroatoms. The highest BCUT2D eigenvalue weighted by atomic mass is 16.2. The molecule has 4 aliphatic rings. The van der Waals surface area contributed by atoms with Crippen molar-refractivity contribution in [3.63, 3.8) is 0 Å². The van der Waals surface area contributed by atoms with Crippen LogP contribution in [0.25, 0.3) is 0 Å². The summed E-state index contributed by atoms with van der Waals surface area (Å²) in [5.74, 6) is -2.79. The summed E-state index contributed by atoms with van der Waals surface area (Å²) >= 11 is 0. The lowest BCUT2D eigenvalue weighted by Crippen LogP contribution is -2.66. The Labute approximate surface area is 303 Å². The summed E-state index contributed by atoms with van der Waals surface area (Å²) in [4.78, 5) is 93.6. The molecule has 15 nitrogen and oxygen atoms in total. The minimum absolute atomic E-state index is 0.116. The fraction of sp³-hybridized carbons (Fsp3) is 0.595. The molecule has 0 spiro atoms. The van der Waals surface area contributed by atoms with Crippen molar-refractivity contribution in [3.05, 3.63) is 54.1 Å². The second kappa shape index (κ2) is 16.8. The second-order valence-corrected chi connectivity index (χ2v) is 14.5. The number of aromatic amines is 1. The van der Waals surface area contributed by atoms with Crippen molar-refractivity contribution in [2.24, 2.45) is 5.92 Å². The van der Waals surface area contributed by atoms with Crippen LogP contribution in [0.2, 0.25) is 0 Å². The Balaban J connectivity index is 1.37. The third-order valence-electron chi connectivity index (χ3n) is 11.0. The first-order valence-electron chi connectivity index (χ1n) is 18.7. The van der Waals surface area contributed by atoms with E-state index in [1.807, 2.05) is 44.2 Å². The first kappa shape index (κ1) is 37.1. The van der Waals surface area contributed by atoms with Crippen molar-refractivity contribution in [2.75, 3.05) is 13.1 Å². The molecule has 280 valence electrons. The maximum absolute atomic E-state index is 14.4. The molecule has 4 fully saturated rings. The predicted octanol–water partition coefficient (Wildman–Crippen LogP) is 0.275. The van der Waals surface area contributed by atoms with E-state index < -0.39 is 71.8 Å². The number of amides is 5. The van der Waals surface area contributed by atoms with Gasteiger partial charge in [0.15, 0.2) is 5.78 Å². The smallest absolute Gasteiger partial charge is 0.260 e. The van der Waals surface area contributed by atoms with Gasteiger partial charge in [-0.1, -0.05) is 50.6 Å². The van der Waals surface area contributed by atoms with Gasteiger partial charge in [-0.15, -0.1) is 0 Å². The first-order chi connectivity index (χ1) is 25.1. The number of carbonyl (C=O) groups is 6. The van der Waals surface area contributed by atoms with Crippen molar-refractivity contribution in [2.45, 2.75) is 120 Å². The zero-order valence-corrected chi connectivity index (χ0v) is 29.9. The number of H-pyrrole nitrogens is 1. The number of aromatic nitrogens is 2. The number of nitrogens with one attached hydrogen (secondary N) is 6. The summed E-state index contributed by atoms with van der Waals surface area (Å²) in [6, 6.07) is 3.08. The number of hydrogen-bond acceptors (Lipinski definition) is 9. The lowest BCUT2D eigenvalue weighted by atomic mass is 9.89. The number of rotatable bonds is 6. The third kappa shape index (κ3) is 8.36. The van der Waals surface area contributed by atoms with E-state index in [2.05, 4.69) is 36.7 Å². The summed E-state index contributed by atoms with van der Waals surface area (Å²) in [7, 11) is 0. The molecule has 5 amide bonds. The maximum Gasteiger partial charge on any atom is 0.260 e. The SMILES string of the molecule is CC[C@H](C)[C@@H]1NC(=O)[C@@H](Cc2ccccc2)NC(=O)[C@@H]2CCCN2C(=O)[C@@H](Cc2cnc[nH]2)NC(=O)[C@@H]2CCCC(N2)C(=O)[C@H]2CCCNN2C1=O. The second-order valence-electron chi connectivity index (χ2n) is 14.5. The number of hydrazine groups is 1. The fourth-order valence-corrected chi connectivity index (χ4v) is 7.84. The van der Waals surface area contributed by atoms with Crippen LogP contribution in [0.4, 0.5) is 0 Å². The highest BCUT2D eigenvalue weighted by molar-refractivity contribution is 5.98. The predicted molar refractivity (Wildman–Crippen MR) is 190 cm³/mol. The zero-order chi connectivity index (χ0) is 36.8. The molecule has 1 unspecified atom stereocenters. The summed E-state index contributed by atoms with van der Waals surface area (Å²) in [6.45, 7) is 4.58. The molecule has 6 rings (SSSR count). The van der Waals surface area contributed by atoms with E-state index in [0.717, 1.165) is 5.56 Å². The molecule has 0 aliphatic carbocycles. The van der Waals surface area contributed by atoms with Gasteiger partial charge in [0, 0.05) is 37.8 Å². The molecule has 8 atom stereocenters. The Bertz CT molecular complexity index is 1600. The number of Topliss-reactive ketones (excluding diaryl/α,β-unsaturated/α-hetero) is 1. The van der Waals surface area contributed by atoms with Gasteiger partial charge in [-0.25, -0.2) is 10.4 Å². The Hall–Kier alpha value is -4.63. The van der Waals surface area contributed by atoms with E-state index in [4.69, 9.17) is 0 Å². The topological polar surface area (TPSA) is 198 Å². The summed E-state index contributed by atoms with van der Waals surface area (Å²) in [5, 5.41) is 13.4. The van der Waals surface area contributed by atoms with Gasteiger partial charge in [-0.2, -0.15) is 0 Å². The Morgan fingerprint density at radius 1 is 0.788 bits per heavy atom. The van der Waals surface area contributed by atoms with Gasteiger partial charge >= 0.3 is 0 Å². The van der Waals surface area contributed by atoms with Crippen molar-refractivity contribution in [3.8, 4) is 0 Å². The highest BCUT2D eigenvalue weighted by Gasteiger charge is 2.44. The number of hydrogen-bond donors (Lipinski definition) is 6. The molecule has 1 aromatic heterocycles. The monoisotopic (exact) mass is 717 g/mol. The van der Waals surface area contributed by atoms with E-state index >= 15 is 0 Å². The molecule has 1 aromatic carbocycles. The van der Waals surface area contributed by atoms with Crippen LogP contribution >= 0.6 is 0 Å². The summed E-state index contributed by atoms with van der Waals surface area (Å²) in [6.07, 6.45) is 7.50. The van der Waals surface area contributed by atoms with Crippen LogP contribution in [0.1, 0.15) is 76.5 Å². The van der Waals surface area contributed by atoms with E-state index in [0.29, 0.717) is 70.2 Å². The number of benzene rings is 1. The van der Waals surface area contributed by atoms with Crippen LogP contribution in [0.5, 0.6) is 0 Å². The largest absolute Gasteiger partial charge is 0.348 e. The van der Waals surface area contributed by atoms with Crippen LogP contribution in [0, 0.1) is 5.92 Å². The number of nitrogens with zero attached hydrogens (tertiary/aromatic N) is 3. The lowest BCUT2D eigenvalue weighted by Gasteiger charge is -2.41. The lowest BCUT2D eigenvalue weighted by molar-refractivity contribution is -0.151. The zero-order valence-electron chi connectivity index (χ0n) is 29.9. The molecule has 4 saturated heterocycles. The van der Waals surface area contributed by atoms with Gasteiger partial charge < -0.3 is 25.8 Å². The molecular weight excluding hydrogens is 666 g/mol. The Morgan fingerprint density at radius 2 is 1.54 bits per heavy atom. The van der Waals surface area contributed by atoms with Gasteiger partial charge in [-0.3, -0.25) is 39.1 Å². The minimum Gasteiger partial charge on any atom is -0.348 e. The highest BCUT2D eigenvalue weighted by Crippen LogP contribution is 2.24. The average Bonchev–Trinajstić information content (AvgIpc) is 3.88. The molecule has 6 N–H and O–H groups in total. The average molecular weight is 718 g/mol. The normalized spacial score (nSPS) is 30.2. The van der Waals surface area contributed by atoms with Crippen LogP contribution in [-0.4, -0.2) is 111 Å². The van der Waals surface area contributed by atoms with Crippen LogP contribution < -0.4 is 26.7 Å². The van der Waals surface area contributed by atoms with E-state index in [-0.39, 0.29) is 24.5 Å². The van der Waals surface area contributed by atoms with Crippen molar-refractivity contribution < 1.29 is 28.8 Å². The van der Waals surface area contributed by atoms with Crippen molar-refractivity contribution in [1.82, 2.24) is 46.6 Å². The van der Waals surface area contributed by atoms with Crippen molar-refractivity contribution in [1.29, 1.82) is 0 Å². The van der Waals surface area contributed by atoms with E-state index in [1.54, 1.807) is 6.20 Å². The first-order valence-corrected chi connectivity index (χ1v) is 18.7. The Kier molecular flexibility index (Phi) is 12.0. The van der Waals surface area contributed by atoms with Gasteiger partial charge in [-0.05, 0) is 56.4 Å². The van der Waals surface area contributed by atoms with Gasteiger partial charge in [0.2, 0.25) is 23.6 Å². The van der Waals surface area contributed by atoms with Gasteiger partial charge in [0.05, 0.1) is 18.4 Å². The maximum atomic E-state index is 14.4. The summed E-state index contributed by atoms with van der Waals surface area (Å²) < 4.78 is 0. The molecule has 0 radical (unpaired) electrons. The van der Waals surface area contributed by atoms with Gasteiger partial charge in [0.1, 0.15) is 30.2 Å². The number of fused-ring (bicyclic) bond motifs is 4. The number of ketones is 1. The molecule has 2 aromatic rings.